The number of carbonyl (C=O) groups excluding carboxylic acids is 1. The Bertz CT molecular complexity index is 1190. The van der Waals surface area contributed by atoms with Crippen LogP contribution in [0.5, 0.6) is 0 Å². The second kappa shape index (κ2) is 7.86. The minimum Gasteiger partial charge on any atom is -0.324 e. The number of amides is 1. The van der Waals surface area contributed by atoms with Crippen molar-refractivity contribution in [2.45, 2.75) is 34.1 Å². The fraction of sp³-hybridized carbons (Fsp3) is 0.238. The molecule has 30 heavy (non-hydrogen) atoms. The van der Waals surface area contributed by atoms with Gasteiger partial charge < -0.3 is 5.32 Å². The van der Waals surface area contributed by atoms with Crippen LogP contribution in [0, 0.1) is 27.7 Å². The summed E-state index contributed by atoms with van der Waals surface area (Å²) in [7, 11) is 0. The van der Waals surface area contributed by atoms with E-state index in [-0.39, 0.29) is 12.3 Å². The van der Waals surface area contributed by atoms with Gasteiger partial charge in [-0.15, -0.1) is 5.10 Å². The molecule has 3 heterocycles. The van der Waals surface area contributed by atoms with Crippen molar-refractivity contribution in [1.82, 2.24) is 34.7 Å². The molecule has 4 rings (SSSR count). The lowest BCUT2D eigenvalue weighted by Gasteiger charge is -2.11. The van der Waals surface area contributed by atoms with E-state index in [1.54, 1.807) is 21.8 Å². The monoisotopic (exact) mass is 402 g/mol. The van der Waals surface area contributed by atoms with Crippen molar-refractivity contribution in [1.29, 1.82) is 0 Å². The smallest absolute Gasteiger partial charge is 0.251 e. The summed E-state index contributed by atoms with van der Waals surface area (Å²) < 4.78 is 3.31. The fourth-order valence-corrected chi connectivity index (χ4v) is 3.40. The molecule has 0 aliphatic heterocycles. The summed E-state index contributed by atoms with van der Waals surface area (Å²) in [6, 6.07) is 9.37. The van der Waals surface area contributed by atoms with Crippen LogP contribution in [0.1, 0.15) is 28.3 Å². The summed E-state index contributed by atoms with van der Waals surface area (Å²) in [5.74, 6) is 0.367. The summed E-state index contributed by atoms with van der Waals surface area (Å²) in [6.45, 7) is 7.65. The second-order valence-electron chi connectivity index (χ2n) is 7.10. The fourth-order valence-electron chi connectivity index (χ4n) is 3.40. The Morgan fingerprint density at radius 1 is 1.07 bits per heavy atom. The Morgan fingerprint density at radius 2 is 1.80 bits per heavy atom. The van der Waals surface area contributed by atoms with Crippen molar-refractivity contribution in [3.8, 4) is 11.6 Å². The average molecular weight is 402 g/mol. The zero-order valence-corrected chi connectivity index (χ0v) is 17.3. The highest BCUT2D eigenvalue weighted by molar-refractivity contribution is 5.94. The molecule has 1 amide bonds. The number of nitrogens with zero attached hydrogens (tertiary/aromatic N) is 7. The van der Waals surface area contributed by atoms with Gasteiger partial charge in [-0.3, -0.25) is 4.79 Å². The van der Waals surface area contributed by atoms with Gasteiger partial charge in [0, 0.05) is 22.6 Å². The van der Waals surface area contributed by atoms with Crippen molar-refractivity contribution in [3.05, 3.63) is 71.1 Å². The van der Waals surface area contributed by atoms with Gasteiger partial charge >= 0.3 is 0 Å². The first-order chi connectivity index (χ1) is 14.4. The lowest BCUT2D eigenvalue weighted by Crippen LogP contribution is -2.17. The van der Waals surface area contributed by atoms with Crippen molar-refractivity contribution >= 4 is 11.6 Å². The number of hydrogen-bond donors (Lipinski definition) is 1. The molecule has 9 heteroatoms. The first kappa shape index (κ1) is 19.4. The van der Waals surface area contributed by atoms with E-state index in [2.05, 4.69) is 30.7 Å². The summed E-state index contributed by atoms with van der Waals surface area (Å²) in [4.78, 5) is 21.8. The minimum atomic E-state index is -0.144. The topological polar surface area (TPSA) is 103 Å². The van der Waals surface area contributed by atoms with Gasteiger partial charge in [-0.25, -0.2) is 19.3 Å². The standard InChI is InChI=1S/C21H22N8O/c1-13-11-14(2)24-21(23-13)29-16(4)17(15(3)26-29)12-20(30)25-18-7-5-6-8-19(18)28-10-9-22-27-28/h5-11H,12H2,1-4H3,(H,25,30). The molecule has 9 nitrogen and oxygen atoms in total. The molecule has 1 N–H and O–H groups in total. The molecule has 0 radical (unpaired) electrons. The molecule has 152 valence electrons. The van der Waals surface area contributed by atoms with Crippen molar-refractivity contribution in [2.24, 2.45) is 0 Å². The van der Waals surface area contributed by atoms with Crippen LogP contribution >= 0.6 is 0 Å². The van der Waals surface area contributed by atoms with E-state index in [1.807, 2.05) is 58.0 Å². The molecule has 0 fully saturated rings. The van der Waals surface area contributed by atoms with Crippen LogP contribution in [0.25, 0.3) is 11.6 Å². The Morgan fingerprint density at radius 3 is 2.50 bits per heavy atom. The molecule has 3 aromatic heterocycles. The van der Waals surface area contributed by atoms with Crippen LogP contribution in [0.15, 0.2) is 42.7 Å². The predicted octanol–water partition coefficient (Wildman–Crippen LogP) is 2.66. The van der Waals surface area contributed by atoms with E-state index in [0.29, 0.717) is 11.6 Å². The quantitative estimate of drug-likeness (QED) is 0.550. The molecular weight excluding hydrogens is 380 g/mol. The maximum atomic E-state index is 12.8. The predicted molar refractivity (Wildman–Crippen MR) is 112 cm³/mol. The van der Waals surface area contributed by atoms with E-state index in [4.69, 9.17) is 0 Å². The van der Waals surface area contributed by atoms with Gasteiger partial charge in [0.1, 0.15) is 0 Å². The van der Waals surface area contributed by atoms with E-state index < -0.39 is 0 Å². The molecule has 0 saturated carbocycles. The lowest BCUT2D eigenvalue weighted by atomic mass is 10.1. The Balaban J connectivity index is 1.59. The van der Waals surface area contributed by atoms with E-state index >= 15 is 0 Å². The molecule has 0 spiro atoms. The largest absolute Gasteiger partial charge is 0.324 e. The SMILES string of the molecule is Cc1cc(C)nc(-n2nc(C)c(CC(=O)Nc3ccccc3-n3ccnn3)c2C)n1. The highest BCUT2D eigenvalue weighted by Gasteiger charge is 2.18. The first-order valence-corrected chi connectivity index (χ1v) is 9.55. The Kier molecular flexibility index (Phi) is 5.09. The number of rotatable bonds is 5. The molecule has 4 aromatic rings. The van der Waals surface area contributed by atoms with Crippen LogP contribution in [0.2, 0.25) is 0 Å². The van der Waals surface area contributed by atoms with Gasteiger partial charge in [-0.2, -0.15) is 5.10 Å². The van der Waals surface area contributed by atoms with Gasteiger partial charge in [-0.1, -0.05) is 17.3 Å². The third-order valence-electron chi connectivity index (χ3n) is 4.79. The van der Waals surface area contributed by atoms with Crippen molar-refractivity contribution in [3.63, 3.8) is 0 Å². The summed E-state index contributed by atoms with van der Waals surface area (Å²) in [6.07, 6.45) is 3.51. The number of hydrogen-bond acceptors (Lipinski definition) is 6. The van der Waals surface area contributed by atoms with Crippen LogP contribution in [0.3, 0.4) is 0 Å². The third-order valence-corrected chi connectivity index (χ3v) is 4.79. The van der Waals surface area contributed by atoms with Gasteiger partial charge in [0.2, 0.25) is 5.91 Å². The number of benzene rings is 1. The Labute approximate surface area is 173 Å². The maximum Gasteiger partial charge on any atom is 0.251 e. The number of nitrogens with one attached hydrogen (secondary N) is 1. The van der Waals surface area contributed by atoms with Crippen LogP contribution in [0.4, 0.5) is 5.69 Å². The average Bonchev–Trinajstić information content (AvgIpc) is 3.32. The molecule has 0 atom stereocenters. The molecule has 0 aliphatic carbocycles. The number of anilines is 1. The molecule has 0 unspecified atom stereocenters. The molecule has 1 aromatic carbocycles. The van der Waals surface area contributed by atoms with Gasteiger partial charge in [0.15, 0.2) is 0 Å². The molecule has 0 aliphatic rings. The summed E-state index contributed by atoms with van der Waals surface area (Å²) in [5.41, 5.74) is 5.62. The second-order valence-corrected chi connectivity index (χ2v) is 7.10. The number of aromatic nitrogens is 7. The third kappa shape index (κ3) is 3.82. The number of para-hydroxylation sites is 2. The highest BCUT2D eigenvalue weighted by Crippen LogP contribution is 2.21. The van der Waals surface area contributed by atoms with E-state index in [1.165, 1.54) is 0 Å². The zero-order valence-electron chi connectivity index (χ0n) is 17.3. The zero-order chi connectivity index (χ0) is 21.3. The van der Waals surface area contributed by atoms with Crippen LogP contribution in [-0.4, -0.2) is 40.6 Å². The molecule has 0 bridgehead atoms. The van der Waals surface area contributed by atoms with Crippen molar-refractivity contribution in [2.75, 3.05) is 5.32 Å². The summed E-state index contributed by atoms with van der Waals surface area (Å²) in [5, 5.41) is 15.4. The normalized spacial score (nSPS) is 10.9. The lowest BCUT2D eigenvalue weighted by molar-refractivity contribution is -0.115. The maximum absolute atomic E-state index is 12.8. The Hall–Kier alpha value is -3.88. The van der Waals surface area contributed by atoms with E-state index in [9.17, 15) is 4.79 Å². The molecular formula is C21H22N8O. The van der Waals surface area contributed by atoms with Crippen LogP contribution in [-0.2, 0) is 11.2 Å². The number of aryl methyl sites for hydroxylation is 3. The van der Waals surface area contributed by atoms with Gasteiger partial charge in [-0.05, 0) is 45.9 Å². The van der Waals surface area contributed by atoms with Gasteiger partial charge in [0.25, 0.3) is 5.95 Å². The molecule has 0 saturated heterocycles. The van der Waals surface area contributed by atoms with Crippen molar-refractivity contribution < 1.29 is 4.79 Å². The first-order valence-electron chi connectivity index (χ1n) is 9.55. The highest BCUT2D eigenvalue weighted by atomic mass is 16.1. The van der Waals surface area contributed by atoms with Crippen LogP contribution < -0.4 is 5.32 Å². The number of carbonyl (C=O) groups is 1. The summed E-state index contributed by atoms with van der Waals surface area (Å²) >= 11 is 0. The minimum absolute atomic E-state index is 0.144. The van der Waals surface area contributed by atoms with E-state index in [0.717, 1.165) is 34.0 Å². The van der Waals surface area contributed by atoms with Gasteiger partial charge in [0.05, 0.1) is 35.9 Å².